The van der Waals surface area contributed by atoms with Crippen molar-refractivity contribution in [2.45, 2.75) is 187 Å². The molecule has 0 saturated carbocycles. The van der Waals surface area contributed by atoms with Crippen molar-refractivity contribution in [3.8, 4) is 0 Å². The molecule has 0 heterocycles. The highest BCUT2D eigenvalue weighted by atomic mass is 16.6. The Kier molecular flexibility index (Phi) is 47.7. The summed E-state index contributed by atoms with van der Waals surface area (Å²) in [4.78, 5) is 26.7. The van der Waals surface area contributed by atoms with E-state index in [4.69, 9.17) is 43.4 Å². The quantitative estimate of drug-likeness (QED) is 0.0190. The number of rotatable bonds is 49. The van der Waals surface area contributed by atoms with Crippen molar-refractivity contribution < 1.29 is 47.5 Å². The molecule has 13 nitrogen and oxygen atoms in total. The summed E-state index contributed by atoms with van der Waals surface area (Å²) in [6.45, 7) is 11.3. The number of hydrogen-bond acceptors (Lipinski definition) is 11. The number of nitrogens with zero attached hydrogens (tertiary/aromatic N) is 3. The van der Waals surface area contributed by atoms with E-state index in [9.17, 15) is 9.59 Å². The SMILES string of the molecule is CCCCCCCCCOC(=O)CCCCCCCOCC(COCCOCCOCCOCCN=[N+]=[N-])OCCCCCCCC(=O)OCCCCCCCCC. The van der Waals surface area contributed by atoms with E-state index in [1.54, 1.807) is 0 Å². The Morgan fingerprint density at radius 3 is 1.26 bits per heavy atom. The highest BCUT2D eigenvalue weighted by Crippen LogP contribution is 2.11. The van der Waals surface area contributed by atoms with Crippen molar-refractivity contribution in [3.05, 3.63) is 10.4 Å². The molecule has 0 aliphatic rings. The van der Waals surface area contributed by atoms with Crippen LogP contribution >= 0.6 is 0 Å². The zero-order valence-electron chi connectivity index (χ0n) is 37.3. The van der Waals surface area contributed by atoms with Crippen molar-refractivity contribution >= 4 is 11.9 Å². The van der Waals surface area contributed by atoms with Gasteiger partial charge in [-0.2, -0.15) is 0 Å². The average Bonchev–Trinajstić information content (AvgIpc) is 3.22. The third-order valence-electron chi connectivity index (χ3n) is 9.69. The topological polar surface area (TPSA) is 157 Å². The Bertz CT molecular complexity index is 910. The summed E-state index contributed by atoms with van der Waals surface area (Å²) in [6, 6.07) is 0. The second-order valence-corrected chi connectivity index (χ2v) is 15.2. The van der Waals surface area contributed by atoms with Crippen LogP contribution in [-0.2, 0) is 47.5 Å². The monoisotopic (exact) mass is 830 g/mol. The summed E-state index contributed by atoms with van der Waals surface area (Å²) in [7, 11) is 0. The zero-order valence-corrected chi connectivity index (χ0v) is 37.3. The molecule has 0 aromatic heterocycles. The molecule has 0 aliphatic heterocycles. The third-order valence-corrected chi connectivity index (χ3v) is 9.69. The molecule has 0 spiro atoms. The summed E-state index contributed by atoms with van der Waals surface area (Å²) >= 11 is 0. The molecule has 13 heteroatoms. The number of carbonyl (C=O) groups excluding carboxylic acids is 2. The van der Waals surface area contributed by atoms with E-state index in [0.717, 1.165) is 89.9 Å². The summed E-state index contributed by atoms with van der Waals surface area (Å²) in [6.07, 6.45) is 27.9. The molecule has 342 valence electrons. The van der Waals surface area contributed by atoms with Crippen molar-refractivity contribution in [1.29, 1.82) is 0 Å². The van der Waals surface area contributed by atoms with E-state index in [2.05, 4.69) is 23.9 Å². The lowest BCUT2D eigenvalue weighted by Crippen LogP contribution is -2.27. The van der Waals surface area contributed by atoms with Crippen molar-refractivity contribution in [1.82, 2.24) is 0 Å². The Hall–Kier alpha value is -1.99. The van der Waals surface area contributed by atoms with E-state index in [-0.39, 0.29) is 18.0 Å². The fourth-order valence-corrected chi connectivity index (χ4v) is 6.17. The first-order valence-electron chi connectivity index (χ1n) is 23.5. The van der Waals surface area contributed by atoms with Crippen LogP contribution in [0.1, 0.15) is 181 Å². The number of hydrogen-bond donors (Lipinski definition) is 0. The number of carbonyl (C=O) groups is 2. The summed E-state index contributed by atoms with van der Waals surface area (Å²) in [5, 5.41) is 3.41. The molecule has 1 unspecified atom stereocenters. The molecular formula is C45H87N3O10. The maximum atomic E-state index is 12.0. The van der Waals surface area contributed by atoms with Gasteiger partial charge < -0.3 is 37.9 Å². The minimum atomic E-state index is -0.152. The van der Waals surface area contributed by atoms with Crippen molar-refractivity contribution in [2.24, 2.45) is 5.11 Å². The van der Waals surface area contributed by atoms with E-state index in [0.29, 0.717) is 105 Å². The Morgan fingerprint density at radius 1 is 0.431 bits per heavy atom. The second-order valence-electron chi connectivity index (χ2n) is 15.2. The van der Waals surface area contributed by atoms with Crippen LogP contribution in [0.4, 0.5) is 0 Å². The number of esters is 2. The first-order chi connectivity index (χ1) is 28.6. The molecule has 0 aromatic rings. The lowest BCUT2D eigenvalue weighted by Gasteiger charge is -2.18. The summed E-state index contributed by atoms with van der Waals surface area (Å²) in [5.41, 5.74) is 8.25. The maximum absolute atomic E-state index is 12.0. The van der Waals surface area contributed by atoms with Gasteiger partial charge in [-0.05, 0) is 44.1 Å². The van der Waals surface area contributed by atoms with Gasteiger partial charge in [-0.15, -0.1) is 0 Å². The third kappa shape index (κ3) is 46.7. The van der Waals surface area contributed by atoms with E-state index in [1.807, 2.05) is 0 Å². The van der Waals surface area contributed by atoms with Gasteiger partial charge in [-0.25, -0.2) is 0 Å². The molecule has 0 N–H and O–H groups in total. The van der Waals surface area contributed by atoms with E-state index < -0.39 is 0 Å². The predicted molar refractivity (Wildman–Crippen MR) is 231 cm³/mol. The van der Waals surface area contributed by atoms with E-state index >= 15 is 0 Å². The molecule has 0 aromatic carbocycles. The number of ether oxygens (including phenoxy) is 8. The van der Waals surface area contributed by atoms with Crippen LogP contribution < -0.4 is 0 Å². The van der Waals surface area contributed by atoms with Crippen LogP contribution in [0, 0.1) is 0 Å². The molecule has 0 radical (unpaired) electrons. The molecule has 0 rings (SSSR count). The van der Waals surface area contributed by atoms with Gasteiger partial charge in [0.15, 0.2) is 0 Å². The van der Waals surface area contributed by atoms with Gasteiger partial charge in [-0.1, -0.05) is 135 Å². The molecule has 1 atom stereocenters. The number of unbranched alkanes of at least 4 members (excludes halogenated alkanes) is 20. The van der Waals surface area contributed by atoms with Crippen LogP contribution in [0.2, 0.25) is 0 Å². The van der Waals surface area contributed by atoms with Gasteiger partial charge >= 0.3 is 11.9 Å². The average molecular weight is 830 g/mol. The smallest absolute Gasteiger partial charge is 0.305 e. The number of azide groups is 1. The van der Waals surface area contributed by atoms with E-state index in [1.165, 1.54) is 64.2 Å². The molecular weight excluding hydrogens is 743 g/mol. The molecule has 0 bridgehead atoms. The Morgan fingerprint density at radius 2 is 0.793 bits per heavy atom. The first kappa shape index (κ1) is 56.0. The lowest BCUT2D eigenvalue weighted by atomic mass is 10.1. The summed E-state index contributed by atoms with van der Waals surface area (Å²) < 4.78 is 45.2. The maximum Gasteiger partial charge on any atom is 0.305 e. The van der Waals surface area contributed by atoms with Gasteiger partial charge in [0.05, 0.1) is 72.7 Å². The van der Waals surface area contributed by atoms with Crippen molar-refractivity contribution in [3.63, 3.8) is 0 Å². The van der Waals surface area contributed by atoms with Gasteiger partial charge in [-0.3, -0.25) is 9.59 Å². The molecule has 0 amide bonds. The van der Waals surface area contributed by atoms with Crippen LogP contribution in [-0.4, -0.2) is 110 Å². The highest BCUT2D eigenvalue weighted by molar-refractivity contribution is 5.69. The normalized spacial score (nSPS) is 11.8. The Labute approximate surface area is 353 Å². The van der Waals surface area contributed by atoms with Gasteiger partial charge in [0, 0.05) is 37.5 Å². The lowest BCUT2D eigenvalue weighted by molar-refractivity contribution is -0.144. The van der Waals surface area contributed by atoms with Crippen LogP contribution in [0.5, 0.6) is 0 Å². The zero-order chi connectivity index (χ0) is 42.1. The van der Waals surface area contributed by atoms with Gasteiger partial charge in [0.2, 0.25) is 0 Å². The standard InChI is InChI=1S/C45H87N3O10/c1-3-5-7-9-11-18-25-32-57-44(49)27-21-15-13-17-23-30-54-41-43(42-55-40-39-53-38-37-52-36-35-51-34-29-47-48-46)56-31-24-20-14-16-22-28-45(50)58-33-26-19-12-10-8-6-4-2/h43H,3-42H2,1-2H3. The first-order valence-corrected chi connectivity index (χ1v) is 23.5. The minimum Gasteiger partial charge on any atom is -0.466 e. The molecule has 0 fully saturated rings. The minimum absolute atomic E-state index is 0.0623. The second kappa shape index (κ2) is 49.4. The fourth-order valence-electron chi connectivity index (χ4n) is 6.17. The molecule has 0 saturated heterocycles. The molecule has 58 heavy (non-hydrogen) atoms. The van der Waals surface area contributed by atoms with Crippen LogP contribution in [0.3, 0.4) is 0 Å². The van der Waals surface area contributed by atoms with Crippen LogP contribution in [0.15, 0.2) is 5.11 Å². The highest BCUT2D eigenvalue weighted by Gasteiger charge is 2.11. The summed E-state index contributed by atoms with van der Waals surface area (Å²) in [5.74, 6) is -0.128. The predicted octanol–water partition coefficient (Wildman–Crippen LogP) is 11.0. The largest absolute Gasteiger partial charge is 0.466 e. The van der Waals surface area contributed by atoms with Gasteiger partial charge in [0.1, 0.15) is 6.10 Å². The van der Waals surface area contributed by atoms with Crippen molar-refractivity contribution in [2.75, 3.05) is 92.4 Å². The van der Waals surface area contributed by atoms with Gasteiger partial charge in [0.25, 0.3) is 0 Å². The Balaban J connectivity index is 4.09. The molecule has 0 aliphatic carbocycles. The van der Waals surface area contributed by atoms with Crippen LogP contribution in [0.25, 0.3) is 10.4 Å². The fraction of sp³-hybridized carbons (Fsp3) is 0.956.